The van der Waals surface area contributed by atoms with Crippen LogP contribution < -0.4 is 0 Å². The molecule has 0 bridgehead atoms. The summed E-state index contributed by atoms with van der Waals surface area (Å²) in [5.41, 5.74) is 23.2. The first-order chi connectivity index (χ1) is 33.3. The highest BCUT2D eigenvalue weighted by atomic mass is 15.0. The molecule has 0 unspecified atom stereocenters. The second-order valence-electron chi connectivity index (χ2n) is 18.1. The highest BCUT2D eigenvalue weighted by Crippen LogP contribution is 2.45. The summed E-state index contributed by atoms with van der Waals surface area (Å²) in [7, 11) is 0. The molecule has 0 fully saturated rings. The number of hydrogen-bond acceptors (Lipinski definition) is 1. The summed E-state index contributed by atoms with van der Waals surface area (Å²) in [4.78, 5) is 9.10. The molecular weight excluding hydrogens is 825 g/mol. The standard InChI is InChI=1S/C64H46N4/c1-40-15-6-10-21-50(40)44-25-29-58-54(34-44)55-35-45(51-22-11-7-16-41(51)2)26-30-59(55)67(58)62-38-66-39-63(64(62)48-19-14-20-49(33-48)65-5)68-60-31-27-46(52-23-12-8-17-42(52)3)36-56(60)57-37-47(28-32-61(57)68)53-24-13-9-18-43(53)4/h6-39H,1-4H3. The third-order valence-electron chi connectivity index (χ3n) is 14.0. The Hall–Kier alpha value is -8.78. The topological polar surface area (TPSA) is 27.1 Å². The molecule has 0 saturated carbocycles. The fourth-order valence-electron chi connectivity index (χ4n) is 10.6. The lowest BCUT2D eigenvalue weighted by Crippen LogP contribution is -2.05. The molecule has 0 spiro atoms. The Morgan fingerprint density at radius 1 is 0.353 bits per heavy atom. The highest BCUT2D eigenvalue weighted by molar-refractivity contribution is 6.14. The molecule has 4 heteroatoms. The van der Waals surface area contributed by atoms with E-state index in [1.54, 1.807) is 0 Å². The summed E-state index contributed by atoms with van der Waals surface area (Å²) < 4.78 is 4.79. The molecule has 0 saturated heterocycles. The predicted octanol–water partition coefficient (Wildman–Crippen LogP) is 17.4. The molecule has 12 rings (SSSR count). The van der Waals surface area contributed by atoms with Gasteiger partial charge in [0, 0.05) is 27.1 Å². The summed E-state index contributed by atoms with van der Waals surface area (Å²) in [6.45, 7) is 16.9. The summed E-state index contributed by atoms with van der Waals surface area (Å²) in [6, 6.07) is 70.1. The molecule has 0 aliphatic rings. The smallest absolute Gasteiger partial charge is 0.187 e. The van der Waals surface area contributed by atoms with Crippen LogP contribution in [0.3, 0.4) is 0 Å². The van der Waals surface area contributed by atoms with Crippen molar-refractivity contribution in [3.05, 3.63) is 240 Å². The molecule has 0 amide bonds. The Balaban J connectivity index is 1.18. The summed E-state index contributed by atoms with van der Waals surface area (Å²) >= 11 is 0. The second-order valence-corrected chi connectivity index (χ2v) is 18.1. The summed E-state index contributed by atoms with van der Waals surface area (Å²) in [5, 5.41) is 4.64. The Kier molecular flexibility index (Phi) is 9.74. The van der Waals surface area contributed by atoms with Crippen molar-refractivity contribution in [2.75, 3.05) is 0 Å². The lowest BCUT2D eigenvalue weighted by molar-refractivity contribution is 1.09. The number of fused-ring (bicyclic) bond motifs is 6. The van der Waals surface area contributed by atoms with Crippen LogP contribution in [-0.4, -0.2) is 14.1 Å². The van der Waals surface area contributed by atoms with Gasteiger partial charge < -0.3 is 9.13 Å². The molecule has 4 nitrogen and oxygen atoms in total. The van der Waals surface area contributed by atoms with Gasteiger partial charge in [0.25, 0.3) is 0 Å². The number of nitrogens with zero attached hydrogens (tertiary/aromatic N) is 4. The molecule has 3 aromatic heterocycles. The van der Waals surface area contributed by atoms with E-state index in [0.717, 1.165) is 66.1 Å². The molecule has 9 aromatic carbocycles. The van der Waals surface area contributed by atoms with Crippen molar-refractivity contribution in [3.8, 4) is 67.0 Å². The minimum absolute atomic E-state index is 0.581. The normalized spacial score (nSPS) is 11.5. The van der Waals surface area contributed by atoms with E-state index in [0.29, 0.717) is 5.69 Å². The van der Waals surface area contributed by atoms with Gasteiger partial charge in [-0.15, -0.1) is 0 Å². The number of rotatable bonds is 7. The van der Waals surface area contributed by atoms with Crippen LogP contribution in [0.1, 0.15) is 22.3 Å². The first-order valence-electron chi connectivity index (χ1n) is 23.2. The Bertz CT molecular complexity index is 3610. The molecule has 0 aliphatic heterocycles. The minimum Gasteiger partial charge on any atom is -0.307 e. The van der Waals surface area contributed by atoms with Crippen molar-refractivity contribution < 1.29 is 0 Å². The molecule has 12 aromatic rings. The van der Waals surface area contributed by atoms with Crippen LogP contribution >= 0.6 is 0 Å². The van der Waals surface area contributed by atoms with Crippen molar-refractivity contribution in [2.45, 2.75) is 27.7 Å². The van der Waals surface area contributed by atoms with Gasteiger partial charge in [0.05, 0.1) is 52.4 Å². The van der Waals surface area contributed by atoms with Gasteiger partial charge in [0.15, 0.2) is 5.69 Å². The number of aryl methyl sites for hydroxylation is 4. The average Bonchev–Trinajstić information content (AvgIpc) is 3.87. The van der Waals surface area contributed by atoms with Gasteiger partial charge in [-0.05, 0) is 155 Å². The zero-order valence-electron chi connectivity index (χ0n) is 38.4. The van der Waals surface area contributed by atoms with Crippen LogP contribution in [0.4, 0.5) is 5.69 Å². The lowest BCUT2D eigenvalue weighted by atomic mass is 9.97. The zero-order valence-corrected chi connectivity index (χ0v) is 38.4. The number of aromatic nitrogens is 3. The third-order valence-corrected chi connectivity index (χ3v) is 14.0. The number of benzene rings is 9. The Morgan fingerprint density at radius 2 is 0.691 bits per heavy atom. The van der Waals surface area contributed by atoms with Gasteiger partial charge >= 0.3 is 0 Å². The van der Waals surface area contributed by atoms with E-state index in [1.807, 2.05) is 30.6 Å². The first kappa shape index (κ1) is 40.7. The SMILES string of the molecule is [C-]#[N+]c1cccc(-c2c(-n3c4ccc(-c5ccccc5C)cc4c4cc(-c5ccccc5C)ccc43)cncc2-n2c3ccc(-c4ccccc4C)cc3c3cc(-c4ccccc4C)ccc32)c1. The molecule has 3 heterocycles. The lowest BCUT2D eigenvalue weighted by Gasteiger charge is -2.20. The minimum atomic E-state index is 0.581. The van der Waals surface area contributed by atoms with Gasteiger partial charge in [0.1, 0.15) is 0 Å². The Morgan fingerprint density at radius 3 is 1.01 bits per heavy atom. The van der Waals surface area contributed by atoms with E-state index in [1.165, 1.54) is 66.8 Å². The van der Waals surface area contributed by atoms with Crippen LogP contribution in [0.15, 0.2) is 207 Å². The molecular formula is C64H46N4. The van der Waals surface area contributed by atoms with Crippen molar-refractivity contribution in [2.24, 2.45) is 0 Å². The van der Waals surface area contributed by atoms with Crippen LogP contribution in [0.25, 0.3) is 115 Å². The number of hydrogen-bond donors (Lipinski definition) is 0. The van der Waals surface area contributed by atoms with Gasteiger partial charge in [0.2, 0.25) is 0 Å². The predicted molar refractivity (Wildman–Crippen MR) is 285 cm³/mol. The van der Waals surface area contributed by atoms with Crippen LogP contribution in [-0.2, 0) is 0 Å². The summed E-state index contributed by atoms with van der Waals surface area (Å²) in [6.07, 6.45) is 4.01. The van der Waals surface area contributed by atoms with Crippen LogP contribution in [0, 0.1) is 34.3 Å². The molecule has 68 heavy (non-hydrogen) atoms. The summed E-state index contributed by atoms with van der Waals surface area (Å²) in [5.74, 6) is 0. The maximum absolute atomic E-state index is 8.15. The molecule has 0 N–H and O–H groups in total. The van der Waals surface area contributed by atoms with Crippen LogP contribution in [0.2, 0.25) is 0 Å². The van der Waals surface area contributed by atoms with E-state index < -0.39 is 0 Å². The maximum atomic E-state index is 8.15. The third kappa shape index (κ3) is 6.63. The van der Waals surface area contributed by atoms with E-state index >= 15 is 0 Å². The fourth-order valence-corrected chi connectivity index (χ4v) is 10.6. The number of pyridine rings is 1. The zero-order chi connectivity index (χ0) is 46.0. The largest absolute Gasteiger partial charge is 0.307 e. The van der Waals surface area contributed by atoms with Crippen molar-refractivity contribution in [1.29, 1.82) is 0 Å². The van der Waals surface area contributed by atoms with E-state index in [2.05, 4.69) is 218 Å². The molecule has 0 aliphatic carbocycles. The van der Waals surface area contributed by atoms with E-state index in [4.69, 9.17) is 11.6 Å². The van der Waals surface area contributed by atoms with E-state index in [9.17, 15) is 0 Å². The van der Waals surface area contributed by atoms with Gasteiger partial charge in [-0.25, -0.2) is 4.85 Å². The molecule has 322 valence electrons. The second kappa shape index (κ2) is 16.3. The van der Waals surface area contributed by atoms with Crippen LogP contribution in [0.5, 0.6) is 0 Å². The van der Waals surface area contributed by atoms with E-state index in [-0.39, 0.29) is 0 Å². The quantitative estimate of drug-likeness (QED) is 0.147. The van der Waals surface area contributed by atoms with Gasteiger partial charge in [-0.3, -0.25) is 4.98 Å². The molecule has 0 radical (unpaired) electrons. The monoisotopic (exact) mass is 870 g/mol. The van der Waals surface area contributed by atoms with Gasteiger partial charge in [-0.2, -0.15) is 0 Å². The first-order valence-corrected chi connectivity index (χ1v) is 23.2. The molecule has 0 atom stereocenters. The van der Waals surface area contributed by atoms with Gasteiger partial charge in [-0.1, -0.05) is 140 Å². The fraction of sp³-hybridized carbons (Fsp3) is 0.0625. The highest BCUT2D eigenvalue weighted by Gasteiger charge is 2.24. The Labute approximate surface area is 396 Å². The van der Waals surface area contributed by atoms with Crippen molar-refractivity contribution in [3.63, 3.8) is 0 Å². The maximum Gasteiger partial charge on any atom is 0.187 e. The van der Waals surface area contributed by atoms with Crippen molar-refractivity contribution in [1.82, 2.24) is 14.1 Å². The van der Waals surface area contributed by atoms with Crippen molar-refractivity contribution >= 4 is 49.3 Å². The average molecular weight is 871 g/mol.